The lowest BCUT2D eigenvalue weighted by Crippen LogP contribution is -2.36. The molecule has 0 aromatic rings. The maximum Gasteiger partial charge on any atom is 0.233 e. The summed E-state index contributed by atoms with van der Waals surface area (Å²) in [5.74, 6) is 0.408. The Kier molecular flexibility index (Phi) is 11.7. The van der Waals surface area contributed by atoms with Gasteiger partial charge in [-0.3, -0.25) is 9.59 Å². The van der Waals surface area contributed by atoms with E-state index in [0.717, 1.165) is 0 Å². The summed E-state index contributed by atoms with van der Waals surface area (Å²) in [7, 11) is 0. The Morgan fingerprint density at radius 1 is 0.947 bits per heavy atom. The summed E-state index contributed by atoms with van der Waals surface area (Å²) in [6.07, 6.45) is 0. The van der Waals surface area contributed by atoms with Gasteiger partial charge in [-0.15, -0.1) is 0 Å². The van der Waals surface area contributed by atoms with Gasteiger partial charge in [0.2, 0.25) is 11.8 Å². The van der Waals surface area contributed by atoms with Gasteiger partial charge < -0.3 is 20.8 Å². The molecule has 112 valence electrons. The topological polar surface area (TPSA) is 98.7 Å². The fourth-order valence-electron chi connectivity index (χ4n) is 1.04. The van der Waals surface area contributed by atoms with E-state index in [2.05, 4.69) is 35.9 Å². The van der Waals surface area contributed by atoms with Crippen LogP contribution in [0, 0.1) is 0 Å². The van der Waals surface area contributed by atoms with Gasteiger partial charge in [-0.25, -0.2) is 0 Å². The number of hydrogen-bond acceptors (Lipinski definition) is 7. The Labute approximate surface area is 127 Å². The quantitative estimate of drug-likeness (QED) is 0.275. The molecule has 0 aliphatic heterocycles. The zero-order valence-electron chi connectivity index (χ0n) is 10.4. The number of aliphatic hydroxyl groups is 2. The van der Waals surface area contributed by atoms with Gasteiger partial charge in [-0.2, -0.15) is 37.0 Å². The number of hydrogen-bond donors (Lipinski definition) is 6. The van der Waals surface area contributed by atoms with E-state index in [4.69, 9.17) is 10.2 Å². The predicted octanol–water partition coefficient (Wildman–Crippen LogP) is -1.47. The number of thioether (sulfide) groups is 1. The Hall–Kier alpha value is -0.0900. The van der Waals surface area contributed by atoms with Crippen molar-refractivity contribution >= 4 is 48.8 Å². The van der Waals surface area contributed by atoms with Crippen LogP contribution >= 0.6 is 37.0 Å². The number of aliphatic hydroxyl groups excluding tert-OH is 2. The van der Waals surface area contributed by atoms with Gasteiger partial charge in [0, 0.05) is 24.6 Å². The largest absolute Gasteiger partial charge is 0.395 e. The van der Waals surface area contributed by atoms with Crippen molar-refractivity contribution in [2.75, 3.05) is 37.8 Å². The summed E-state index contributed by atoms with van der Waals surface area (Å²) in [6, 6.07) is 0. The molecule has 0 fully saturated rings. The number of amides is 2. The molecule has 0 heterocycles. The number of nitrogens with one attached hydrogen (secondary N) is 2. The highest BCUT2D eigenvalue weighted by molar-refractivity contribution is 8.01. The van der Waals surface area contributed by atoms with Crippen molar-refractivity contribution < 1.29 is 19.8 Å². The minimum atomic E-state index is -0.488. The summed E-state index contributed by atoms with van der Waals surface area (Å²) in [6.45, 7) is 0.199. The highest BCUT2D eigenvalue weighted by Crippen LogP contribution is 2.12. The molecule has 0 spiro atoms. The monoisotopic (exact) mass is 328 g/mol. The van der Waals surface area contributed by atoms with Crippen molar-refractivity contribution in [1.82, 2.24) is 10.6 Å². The molecule has 0 aliphatic carbocycles. The highest BCUT2D eigenvalue weighted by Gasteiger charge is 2.17. The van der Waals surface area contributed by atoms with Gasteiger partial charge in [-0.1, -0.05) is 0 Å². The van der Waals surface area contributed by atoms with Crippen LogP contribution in [-0.4, -0.2) is 70.3 Å². The number of rotatable bonds is 10. The van der Waals surface area contributed by atoms with E-state index in [-0.39, 0.29) is 38.1 Å². The van der Waals surface area contributed by atoms with E-state index >= 15 is 0 Å². The standard InChI is InChI=1S/C10H20N2O4S3/c13-3-1-11-9(15)7(17)5-19-6-8(18)10(16)12-2-4-14/h7-8,13-14,17-18H,1-6H2,(H,11,15)(H,12,16). The molecule has 0 radical (unpaired) electrons. The molecule has 19 heavy (non-hydrogen) atoms. The third-order valence-corrected chi connectivity index (χ3v) is 4.45. The summed E-state index contributed by atoms with van der Waals surface area (Å²) in [5, 5.41) is 21.2. The molecule has 2 amide bonds. The van der Waals surface area contributed by atoms with E-state index < -0.39 is 10.5 Å². The smallest absolute Gasteiger partial charge is 0.233 e. The van der Waals surface area contributed by atoms with Gasteiger partial charge in [0.05, 0.1) is 23.7 Å². The lowest BCUT2D eigenvalue weighted by atomic mass is 10.4. The summed E-state index contributed by atoms with van der Waals surface area (Å²) in [5.41, 5.74) is 0. The summed E-state index contributed by atoms with van der Waals surface area (Å²) in [4.78, 5) is 22.8. The van der Waals surface area contributed by atoms with E-state index in [9.17, 15) is 9.59 Å². The zero-order chi connectivity index (χ0) is 14.7. The van der Waals surface area contributed by atoms with E-state index in [0.29, 0.717) is 11.5 Å². The molecule has 0 aromatic heterocycles. The second kappa shape index (κ2) is 11.7. The van der Waals surface area contributed by atoms with Crippen molar-refractivity contribution in [2.45, 2.75) is 10.5 Å². The molecular formula is C10H20N2O4S3. The van der Waals surface area contributed by atoms with Crippen molar-refractivity contribution in [2.24, 2.45) is 0 Å². The number of carbonyl (C=O) groups is 2. The maximum absolute atomic E-state index is 11.4. The fraction of sp³-hybridized carbons (Fsp3) is 0.800. The van der Waals surface area contributed by atoms with Crippen LogP contribution in [-0.2, 0) is 9.59 Å². The third kappa shape index (κ3) is 9.44. The van der Waals surface area contributed by atoms with Crippen LogP contribution in [0.3, 0.4) is 0 Å². The van der Waals surface area contributed by atoms with Crippen molar-refractivity contribution in [3.63, 3.8) is 0 Å². The Morgan fingerprint density at radius 3 is 1.63 bits per heavy atom. The number of carbonyl (C=O) groups excluding carboxylic acids is 2. The predicted molar refractivity (Wildman–Crippen MR) is 83.1 cm³/mol. The van der Waals surface area contributed by atoms with Crippen molar-refractivity contribution in [1.29, 1.82) is 0 Å². The molecule has 0 rings (SSSR count). The van der Waals surface area contributed by atoms with Gasteiger partial charge in [-0.05, 0) is 0 Å². The van der Waals surface area contributed by atoms with E-state index in [1.165, 1.54) is 11.8 Å². The maximum atomic E-state index is 11.4. The zero-order valence-corrected chi connectivity index (χ0v) is 13.0. The molecule has 9 heteroatoms. The van der Waals surface area contributed by atoms with Crippen LogP contribution in [0.5, 0.6) is 0 Å². The molecule has 0 bridgehead atoms. The second-order valence-electron chi connectivity index (χ2n) is 3.60. The highest BCUT2D eigenvalue weighted by atomic mass is 32.2. The molecule has 0 aromatic carbocycles. The third-order valence-electron chi connectivity index (χ3n) is 1.98. The first kappa shape index (κ1) is 18.9. The van der Waals surface area contributed by atoms with Gasteiger partial charge in [0.15, 0.2) is 0 Å². The average Bonchev–Trinajstić information content (AvgIpc) is 2.41. The molecule has 2 unspecified atom stereocenters. The van der Waals surface area contributed by atoms with Crippen molar-refractivity contribution in [3.8, 4) is 0 Å². The first-order chi connectivity index (χ1) is 9.02. The first-order valence-corrected chi connectivity index (χ1v) is 7.92. The lowest BCUT2D eigenvalue weighted by molar-refractivity contribution is -0.121. The molecule has 0 saturated heterocycles. The molecule has 0 saturated carbocycles. The molecule has 2 atom stereocenters. The van der Waals surface area contributed by atoms with Crippen LogP contribution in [0.2, 0.25) is 0 Å². The van der Waals surface area contributed by atoms with Gasteiger partial charge in [0.1, 0.15) is 0 Å². The Morgan fingerprint density at radius 2 is 1.32 bits per heavy atom. The summed E-state index contributed by atoms with van der Waals surface area (Å²) >= 11 is 9.66. The molecular weight excluding hydrogens is 308 g/mol. The van der Waals surface area contributed by atoms with E-state index in [1.807, 2.05) is 0 Å². The lowest BCUT2D eigenvalue weighted by Gasteiger charge is -2.13. The molecule has 6 nitrogen and oxygen atoms in total. The SMILES string of the molecule is O=C(NCCO)C(S)CSCC(S)C(=O)NCCO. The van der Waals surface area contributed by atoms with Gasteiger partial charge >= 0.3 is 0 Å². The van der Waals surface area contributed by atoms with Crippen LogP contribution in [0.1, 0.15) is 0 Å². The Bertz CT molecular complexity index is 256. The van der Waals surface area contributed by atoms with Crippen LogP contribution in [0.15, 0.2) is 0 Å². The molecule has 0 aliphatic rings. The first-order valence-electron chi connectivity index (χ1n) is 5.74. The fourth-order valence-corrected chi connectivity index (χ4v) is 2.74. The minimum Gasteiger partial charge on any atom is -0.395 e. The normalized spacial score (nSPS) is 13.7. The number of thiol groups is 2. The van der Waals surface area contributed by atoms with Crippen molar-refractivity contribution in [3.05, 3.63) is 0 Å². The van der Waals surface area contributed by atoms with Gasteiger partial charge in [0.25, 0.3) is 0 Å². The second-order valence-corrected chi connectivity index (χ2v) is 5.92. The minimum absolute atomic E-state index is 0.108. The van der Waals surface area contributed by atoms with Crippen LogP contribution < -0.4 is 10.6 Å². The average molecular weight is 328 g/mol. The molecule has 4 N–H and O–H groups in total. The Balaban J connectivity index is 3.76. The van der Waals surface area contributed by atoms with Crippen LogP contribution in [0.4, 0.5) is 0 Å². The van der Waals surface area contributed by atoms with Crippen LogP contribution in [0.25, 0.3) is 0 Å². The van der Waals surface area contributed by atoms with E-state index in [1.54, 1.807) is 0 Å². The summed E-state index contributed by atoms with van der Waals surface area (Å²) < 4.78 is 0.